The average Bonchev–Trinajstić information content (AvgIpc) is 2.33. The Morgan fingerprint density at radius 3 is 2.35 bits per heavy atom. The van der Waals surface area contributed by atoms with Gasteiger partial charge in [0.2, 0.25) is 5.91 Å². The molecule has 0 radical (unpaired) electrons. The predicted octanol–water partition coefficient (Wildman–Crippen LogP) is -0.245. The number of hydrogen-bond acceptors (Lipinski definition) is 5. The van der Waals surface area contributed by atoms with Crippen LogP contribution in [0.25, 0.3) is 0 Å². The molecule has 0 unspecified atom stereocenters. The average molecular weight is 285 g/mol. The van der Waals surface area contributed by atoms with Gasteiger partial charge in [-0.2, -0.15) is 0 Å². The first-order valence-corrected chi connectivity index (χ1v) is 7.54. The van der Waals surface area contributed by atoms with E-state index in [9.17, 15) is 4.79 Å². The van der Waals surface area contributed by atoms with Gasteiger partial charge in [0.25, 0.3) is 0 Å². The topological polar surface area (TPSA) is 99.6 Å². The lowest BCUT2D eigenvalue weighted by molar-refractivity contribution is -0.125. The Labute approximate surface area is 120 Å². The summed E-state index contributed by atoms with van der Waals surface area (Å²) in [7, 11) is 0. The molecular formula is C14H27N3O3. The van der Waals surface area contributed by atoms with E-state index < -0.39 is 0 Å². The Morgan fingerprint density at radius 1 is 1.10 bits per heavy atom. The molecule has 2 fully saturated rings. The molecule has 5 N–H and O–H groups in total. The van der Waals surface area contributed by atoms with E-state index in [0.717, 1.165) is 25.7 Å². The molecule has 0 saturated heterocycles. The van der Waals surface area contributed by atoms with Gasteiger partial charge in [0.1, 0.15) is 0 Å². The maximum absolute atomic E-state index is 11.7. The van der Waals surface area contributed by atoms with Gasteiger partial charge in [-0.3, -0.25) is 4.79 Å². The Kier molecular flexibility index (Phi) is 5.77. The van der Waals surface area contributed by atoms with Crippen molar-refractivity contribution in [3.05, 3.63) is 0 Å². The second-order valence-electron chi connectivity index (χ2n) is 6.10. The summed E-state index contributed by atoms with van der Waals surface area (Å²) in [5.74, 6) is 0.0800. The molecule has 116 valence electrons. The van der Waals surface area contributed by atoms with Crippen LogP contribution in [-0.2, 0) is 14.3 Å². The zero-order chi connectivity index (χ0) is 14.4. The van der Waals surface area contributed by atoms with Crippen molar-refractivity contribution in [3.63, 3.8) is 0 Å². The van der Waals surface area contributed by atoms with Crippen LogP contribution in [0.1, 0.15) is 32.1 Å². The van der Waals surface area contributed by atoms with Gasteiger partial charge in [0.05, 0.1) is 26.4 Å². The summed E-state index contributed by atoms with van der Waals surface area (Å²) in [6, 6.07) is 0.740. The van der Waals surface area contributed by atoms with Crippen LogP contribution < -0.4 is 16.8 Å². The molecule has 2 aliphatic carbocycles. The molecule has 20 heavy (non-hydrogen) atoms. The van der Waals surface area contributed by atoms with E-state index >= 15 is 0 Å². The van der Waals surface area contributed by atoms with Gasteiger partial charge in [-0.1, -0.05) is 0 Å². The van der Waals surface area contributed by atoms with E-state index in [0.29, 0.717) is 56.9 Å². The monoisotopic (exact) mass is 285 g/mol. The van der Waals surface area contributed by atoms with Crippen molar-refractivity contribution in [2.45, 2.75) is 44.2 Å². The highest BCUT2D eigenvalue weighted by molar-refractivity contribution is 5.76. The van der Waals surface area contributed by atoms with Crippen LogP contribution in [0.4, 0.5) is 0 Å². The molecule has 0 aliphatic heterocycles. The van der Waals surface area contributed by atoms with Crippen molar-refractivity contribution < 1.29 is 14.3 Å². The minimum atomic E-state index is 0.0800. The van der Waals surface area contributed by atoms with E-state index in [1.165, 1.54) is 0 Å². The number of amides is 1. The largest absolute Gasteiger partial charge is 0.379 e. The number of carbonyl (C=O) groups is 1. The molecule has 0 atom stereocenters. The van der Waals surface area contributed by atoms with E-state index in [4.69, 9.17) is 20.9 Å². The third-order valence-corrected chi connectivity index (χ3v) is 4.22. The molecule has 1 spiro atoms. The van der Waals surface area contributed by atoms with Gasteiger partial charge in [0.15, 0.2) is 0 Å². The van der Waals surface area contributed by atoms with E-state index in [1.54, 1.807) is 0 Å². The van der Waals surface area contributed by atoms with Crippen molar-refractivity contribution in [1.29, 1.82) is 0 Å². The van der Waals surface area contributed by atoms with E-state index in [-0.39, 0.29) is 5.91 Å². The summed E-state index contributed by atoms with van der Waals surface area (Å²) < 4.78 is 10.5. The van der Waals surface area contributed by atoms with Gasteiger partial charge >= 0.3 is 0 Å². The molecule has 0 aromatic heterocycles. The van der Waals surface area contributed by atoms with Crippen LogP contribution >= 0.6 is 0 Å². The van der Waals surface area contributed by atoms with Crippen LogP contribution in [0.2, 0.25) is 0 Å². The van der Waals surface area contributed by atoms with Crippen molar-refractivity contribution >= 4 is 5.91 Å². The minimum absolute atomic E-state index is 0.0800. The third kappa shape index (κ3) is 4.41. The number of nitrogens with one attached hydrogen (secondary N) is 1. The summed E-state index contributed by atoms with van der Waals surface area (Å²) in [5, 5.41) is 3.06. The Hall–Kier alpha value is -0.690. The molecule has 2 aliphatic rings. The van der Waals surface area contributed by atoms with Gasteiger partial charge in [-0.25, -0.2) is 0 Å². The fourth-order valence-corrected chi connectivity index (χ4v) is 3.34. The van der Waals surface area contributed by atoms with Gasteiger partial charge < -0.3 is 26.3 Å². The molecule has 6 nitrogen and oxygen atoms in total. The highest BCUT2D eigenvalue weighted by Gasteiger charge is 2.51. The first-order valence-electron chi connectivity index (χ1n) is 7.54. The minimum Gasteiger partial charge on any atom is -0.379 e. The van der Waals surface area contributed by atoms with Crippen LogP contribution in [0.15, 0.2) is 0 Å². The summed E-state index contributed by atoms with van der Waals surface area (Å²) in [5.41, 5.74) is 11.6. The maximum Gasteiger partial charge on any atom is 0.222 e. The number of hydrogen-bond donors (Lipinski definition) is 3. The van der Waals surface area contributed by atoms with Crippen molar-refractivity contribution in [2.75, 3.05) is 33.0 Å². The summed E-state index contributed by atoms with van der Waals surface area (Å²) in [6.07, 6.45) is 4.87. The van der Waals surface area contributed by atoms with Gasteiger partial charge in [0, 0.05) is 25.0 Å². The lowest BCUT2D eigenvalue weighted by atomic mass is 9.52. The van der Waals surface area contributed by atoms with Crippen molar-refractivity contribution in [1.82, 2.24) is 5.32 Å². The quantitative estimate of drug-likeness (QED) is 0.508. The summed E-state index contributed by atoms with van der Waals surface area (Å²) >= 11 is 0. The van der Waals surface area contributed by atoms with E-state index in [1.807, 2.05) is 0 Å². The second kappa shape index (κ2) is 7.36. The van der Waals surface area contributed by atoms with Crippen LogP contribution in [-0.4, -0.2) is 51.0 Å². The van der Waals surface area contributed by atoms with Crippen molar-refractivity contribution in [2.24, 2.45) is 16.9 Å². The van der Waals surface area contributed by atoms with Gasteiger partial charge in [-0.05, 0) is 31.1 Å². The first-order chi connectivity index (χ1) is 9.63. The standard InChI is InChI=1S/C14H27N3O3/c15-2-4-20-6-5-19-3-1-13(18)17-12-9-14(10-12)7-11(16)8-14/h11-12H,1-10,15-16H2,(H,17,18). The number of nitrogens with two attached hydrogens (primary N) is 2. The number of carbonyl (C=O) groups excluding carboxylic acids is 1. The maximum atomic E-state index is 11.7. The third-order valence-electron chi connectivity index (χ3n) is 4.22. The van der Waals surface area contributed by atoms with Crippen molar-refractivity contribution in [3.8, 4) is 0 Å². The smallest absolute Gasteiger partial charge is 0.222 e. The normalized spacial score (nSPS) is 31.7. The highest BCUT2D eigenvalue weighted by atomic mass is 16.5. The second-order valence-corrected chi connectivity index (χ2v) is 6.10. The summed E-state index contributed by atoms with van der Waals surface area (Å²) in [6.45, 7) is 2.57. The van der Waals surface area contributed by atoms with Crippen LogP contribution in [0.5, 0.6) is 0 Å². The Bertz CT molecular complexity index is 311. The molecule has 2 rings (SSSR count). The predicted molar refractivity (Wildman–Crippen MR) is 76.1 cm³/mol. The zero-order valence-corrected chi connectivity index (χ0v) is 12.1. The highest BCUT2D eigenvalue weighted by Crippen LogP contribution is 2.55. The zero-order valence-electron chi connectivity index (χ0n) is 12.1. The molecule has 6 heteroatoms. The Morgan fingerprint density at radius 2 is 1.75 bits per heavy atom. The van der Waals surface area contributed by atoms with Crippen LogP contribution in [0, 0.1) is 5.41 Å². The fourth-order valence-electron chi connectivity index (χ4n) is 3.34. The van der Waals surface area contributed by atoms with Crippen LogP contribution in [0.3, 0.4) is 0 Å². The molecule has 0 aromatic rings. The molecule has 2 saturated carbocycles. The number of ether oxygens (including phenoxy) is 2. The fraction of sp³-hybridized carbons (Fsp3) is 0.929. The first kappa shape index (κ1) is 15.7. The van der Waals surface area contributed by atoms with E-state index in [2.05, 4.69) is 5.32 Å². The van der Waals surface area contributed by atoms with Gasteiger partial charge in [-0.15, -0.1) is 0 Å². The molecule has 0 heterocycles. The lowest BCUT2D eigenvalue weighted by Gasteiger charge is -2.57. The molecule has 0 bridgehead atoms. The molecule has 1 amide bonds. The number of rotatable bonds is 9. The lowest BCUT2D eigenvalue weighted by Crippen LogP contribution is -2.59. The Balaban J connectivity index is 1.42. The SMILES string of the molecule is NCCOCCOCCC(=O)NC1CC2(CC(N)C2)C1. The molecular weight excluding hydrogens is 258 g/mol. The molecule has 0 aromatic carbocycles. The summed E-state index contributed by atoms with van der Waals surface area (Å²) in [4.78, 5) is 11.7.